The molecule has 0 spiro atoms. The smallest absolute Gasteiger partial charge is 0.228 e. The van der Waals surface area contributed by atoms with Gasteiger partial charge in [-0.3, -0.25) is 4.79 Å². The highest BCUT2D eigenvalue weighted by Crippen LogP contribution is 2.31. The number of carbonyl (C=O) groups excluding carboxylic acids is 1. The van der Waals surface area contributed by atoms with Crippen LogP contribution >= 0.6 is 0 Å². The summed E-state index contributed by atoms with van der Waals surface area (Å²) in [6, 6.07) is 0. The quantitative estimate of drug-likeness (QED) is 0.837. The van der Waals surface area contributed by atoms with Gasteiger partial charge in [0.1, 0.15) is 5.82 Å². The molecular weight excluding hydrogens is 302 g/mol. The van der Waals surface area contributed by atoms with E-state index >= 15 is 0 Å². The molecule has 0 unspecified atom stereocenters. The standard InChI is InChI=1S/C19H29N3O2/c1-14-17(6-4-12-24-14)19(23)21-10-7-15(8-11-21)18-20-13-16-5-2-3-9-22(16)18/h13-15,17H,2-12H2,1H3/t14-,17+/m0/s1. The van der Waals surface area contributed by atoms with Gasteiger partial charge in [0.15, 0.2) is 0 Å². The van der Waals surface area contributed by atoms with E-state index in [2.05, 4.69) is 15.7 Å². The Morgan fingerprint density at radius 3 is 2.79 bits per heavy atom. The topological polar surface area (TPSA) is 47.4 Å². The van der Waals surface area contributed by atoms with Crippen LogP contribution in [0.5, 0.6) is 0 Å². The Labute approximate surface area is 144 Å². The minimum atomic E-state index is 0.0643. The maximum Gasteiger partial charge on any atom is 0.228 e. The second-order valence-corrected chi connectivity index (χ2v) is 7.64. The summed E-state index contributed by atoms with van der Waals surface area (Å²) in [7, 11) is 0. The predicted octanol–water partition coefficient (Wildman–Crippen LogP) is 2.74. The van der Waals surface area contributed by atoms with Gasteiger partial charge < -0.3 is 14.2 Å². The molecule has 1 aromatic rings. The first kappa shape index (κ1) is 16.1. The van der Waals surface area contributed by atoms with Gasteiger partial charge in [0.05, 0.1) is 12.0 Å². The van der Waals surface area contributed by atoms with Crippen LogP contribution in [0.15, 0.2) is 6.20 Å². The van der Waals surface area contributed by atoms with Crippen molar-refractivity contribution in [3.63, 3.8) is 0 Å². The largest absolute Gasteiger partial charge is 0.378 e. The molecule has 24 heavy (non-hydrogen) atoms. The Morgan fingerprint density at radius 1 is 1.17 bits per heavy atom. The summed E-state index contributed by atoms with van der Waals surface area (Å²) in [5.41, 5.74) is 1.41. The second kappa shape index (κ2) is 6.87. The third kappa shape index (κ3) is 2.99. The highest BCUT2D eigenvalue weighted by molar-refractivity contribution is 5.79. The summed E-state index contributed by atoms with van der Waals surface area (Å²) in [6.45, 7) is 5.72. The molecule has 1 amide bonds. The molecule has 0 aliphatic carbocycles. The molecule has 132 valence electrons. The molecule has 2 atom stereocenters. The third-order valence-corrected chi connectivity index (χ3v) is 6.13. The van der Waals surface area contributed by atoms with Crippen LogP contribution in [0.3, 0.4) is 0 Å². The number of piperidine rings is 1. The van der Waals surface area contributed by atoms with Crippen LogP contribution in [-0.4, -0.2) is 46.2 Å². The van der Waals surface area contributed by atoms with Gasteiger partial charge in [-0.05, 0) is 51.9 Å². The van der Waals surface area contributed by atoms with E-state index < -0.39 is 0 Å². The Kier molecular flexibility index (Phi) is 4.61. The molecule has 0 N–H and O–H groups in total. The molecule has 4 heterocycles. The number of nitrogens with zero attached hydrogens (tertiary/aromatic N) is 3. The molecule has 0 saturated carbocycles. The fourth-order valence-electron chi connectivity index (χ4n) is 4.63. The Hall–Kier alpha value is -1.36. The van der Waals surface area contributed by atoms with Crippen molar-refractivity contribution in [3.05, 3.63) is 17.7 Å². The number of fused-ring (bicyclic) bond motifs is 1. The molecule has 3 aliphatic rings. The van der Waals surface area contributed by atoms with Crippen molar-refractivity contribution in [1.29, 1.82) is 0 Å². The Morgan fingerprint density at radius 2 is 2.00 bits per heavy atom. The van der Waals surface area contributed by atoms with E-state index in [-0.39, 0.29) is 12.0 Å². The third-order valence-electron chi connectivity index (χ3n) is 6.13. The van der Waals surface area contributed by atoms with Crippen molar-refractivity contribution in [1.82, 2.24) is 14.5 Å². The van der Waals surface area contributed by atoms with Gasteiger partial charge in [0, 0.05) is 44.0 Å². The number of aryl methyl sites for hydroxylation is 1. The summed E-state index contributed by atoms with van der Waals surface area (Å²) in [5, 5.41) is 0. The summed E-state index contributed by atoms with van der Waals surface area (Å²) < 4.78 is 8.13. The highest BCUT2D eigenvalue weighted by Gasteiger charge is 2.34. The fraction of sp³-hybridized carbons (Fsp3) is 0.789. The molecule has 4 rings (SSSR count). The minimum absolute atomic E-state index is 0.0643. The molecule has 0 aromatic carbocycles. The van der Waals surface area contributed by atoms with E-state index in [1.165, 1.54) is 30.8 Å². The molecule has 5 heteroatoms. The normalized spacial score (nSPS) is 28.6. The van der Waals surface area contributed by atoms with Gasteiger partial charge in [-0.25, -0.2) is 4.98 Å². The maximum atomic E-state index is 12.8. The summed E-state index contributed by atoms with van der Waals surface area (Å²) in [6.07, 6.45) is 9.96. The van der Waals surface area contributed by atoms with Gasteiger partial charge in [-0.2, -0.15) is 0 Å². The SMILES string of the molecule is C[C@@H]1OCCC[C@H]1C(=O)N1CCC(c2ncc3n2CCCC3)CC1. The lowest BCUT2D eigenvalue weighted by Crippen LogP contribution is -2.46. The number of ether oxygens (including phenoxy) is 1. The van der Waals surface area contributed by atoms with E-state index in [4.69, 9.17) is 9.72 Å². The zero-order chi connectivity index (χ0) is 16.5. The molecule has 5 nitrogen and oxygen atoms in total. The van der Waals surface area contributed by atoms with E-state index in [0.29, 0.717) is 11.8 Å². The lowest BCUT2D eigenvalue weighted by atomic mass is 9.91. The first-order chi connectivity index (χ1) is 11.7. The number of carbonyl (C=O) groups is 1. The maximum absolute atomic E-state index is 12.8. The number of rotatable bonds is 2. The molecule has 0 radical (unpaired) electrons. The molecule has 2 fully saturated rings. The van der Waals surface area contributed by atoms with E-state index in [1.807, 2.05) is 6.92 Å². The lowest BCUT2D eigenvalue weighted by molar-refractivity contribution is -0.145. The monoisotopic (exact) mass is 331 g/mol. The molecule has 1 aromatic heterocycles. The minimum Gasteiger partial charge on any atom is -0.378 e. The van der Waals surface area contributed by atoms with Crippen LogP contribution in [-0.2, 0) is 22.5 Å². The van der Waals surface area contributed by atoms with Crippen LogP contribution in [0.25, 0.3) is 0 Å². The van der Waals surface area contributed by atoms with Gasteiger partial charge in [-0.1, -0.05) is 0 Å². The van der Waals surface area contributed by atoms with Crippen molar-refractivity contribution < 1.29 is 9.53 Å². The summed E-state index contributed by atoms with van der Waals surface area (Å²) >= 11 is 0. The van der Waals surface area contributed by atoms with E-state index in [1.54, 1.807) is 0 Å². The zero-order valence-corrected chi connectivity index (χ0v) is 14.7. The van der Waals surface area contributed by atoms with Crippen molar-refractivity contribution in [2.75, 3.05) is 19.7 Å². The second-order valence-electron chi connectivity index (χ2n) is 7.64. The van der Waals surface area contributed by atoms with Gasteiger partial charge in [-0.15, -0.1) is 0 Å². The fourth-order valence-corrected chi connectivity index (χ4v) is 4.63. The van der Waals surface area contributed by atoms with Crippen molar-refractivity contribution in [2.24, 2.45) is 5.92 Å². The molecule has 3 aliphatic heterocycles. The zero-order valence-electron chi connectivity index (χ0n) is 14.7. The highest BCUT2D eigenvalue weighted by atomic mass is 16.5. The first-order valence-electron chi connectivity index (χ1n) is 9.68. The van der Waals surface area contributed by atoms with Crippen LogP contribution in [0.1, 0.15) is 62.9 Å². The Bertz CT molecular complexity index is 589. The number of aromatic nitrogens is 2. The number of amides is 1. The van der Waals surface area contributed by atoms with Gasteiger partial charge >= 0.3 is 0 Å². The van der Waals surface area contributed by atoms with Crippen LogP contribution < -0.4 is 0 Å². The molecular formula is C19H29N3O2. The number of imidazole rings is 1. The number of hydrogen-bond acceptors (Lipinski definition) is 3. The van der Waals surface area contributed by atoms with E-state index in [0.717, 1.165) is 51.9 Å². The summed E-state index contributed by atoms with van der Waals surface area (Å²) in [4.78, 5) is 19.6. The number of hydrogen-bond donors (Lipinski definition) is 0. The number of likely N-dealkylation sites (tertiary alicyclic amines) is 1. The van der Waals surface area contributed by atoms with Crippen LogP contribution in [0.4, 0.5) is 0 Å². The van der Waals surface area contributed by atoms with Crippen molar-refractivity contribution in [3.8, 4) is 0 Å². The van der Waals surface area contributed by atoms with Crippen molar-refractivity contribution in [2.45, 2.75) is 70.4 Å². The van der Waals surface area contributed by atoms with E-state index in [9.17, 15) is 4.79 Å². The van der Waals surface area contributed by atoms with Crippen LogP contribution in [0, 0.1) is 5.92 Å². The van der Waals surface area contributed by atoms with Gasteiger partial charge in [0.25, 0.3) is 0 Å². The van der Waals surface area contributed by atoms with Gasteiger partial charge in [0.2, 0.25) is 5.91 Å². The summed E-state index contributed by atoms with van der Waals surface area (Å²) in [5.74, 6) is 2.16. The first-order valence-corrected chi connectivity index (χ1v) is 9.68. The predicted molar refractivity (Wildman–Crippen MR) is 91.9 cm³/mol. The lowest BCUT2D eigenvalue weighted by Gasteiger charge is -2.37. The van der Waals surface area contributed by atoms with Crippen LogP contribution in [0.2, 0.25) is 0 Å². The molecule has 0 bridgehead atoms. The molecule has 2 saturated heterocycles. The average Bonchev–Trinajstić information content (AvgIpc) is 3.06. The average molecular weight is 331 g/mol. The van der Waals surface area contributed by atoms with Crippen molar-refractivity contribution >= 4 is 5.91 Å². The Balaban J connectivity index is 1.38.